The van der Waals surface area contributed by atoms with E-state index in [0.29, 0.717) is 11.0 Å². The Labute approximate surface area is 115 Å². The van der Waals surface area contributed by atoms with Crippen LogP contribution in [-0.2, 0) is 4.74 Å². The summed E-state index contributed by atoms with van der Waals surface area (Å²) in [5, 5.41) is 3.00. The van der Waals surface area contributed by atoms with Crippen LogP contribution in [0.15, 0.2) is 33.5 Å². The van der Waals surface area contributed by atoms with Gasteiger partial charge in [0.25, 0.3) is 0 Å². The fourth-order valence-electron chi connectivity index (χ4n) is 1.63. The van der Waals surface area contributed by atoms with E-state index in [1.807, 2.05) is 13.0 Å². The van der Waals surface area contributed by atoms with Crippen LogP contribution in [0.1, 0.15) is 18.9 Å². The van der Waals surface area contributed by atoms with Gasteiger partial charge in [0.1, 0.15) is 11.3 Å². The van der Waals surface area contributed by atoms with Gasteiger partial charge in [-0.1, -0.05) is 18.8 Å². The molecule has 102 valence electrons. The molecule has 0 bridgehead atoms. The van der Waals surface area contributed by atoms with Crippen LogP contribution in [0, 0.1) is 11.8 Å². The van der Waals surface area contributed by atoms with E-state index in [0.717, 1.165) is 12.0 Å². The number of carbonyl (C=O) groups excluding carboxylic acids is 1. The Morgan fingerprint density at radius 3 is 2.90 bits per heavy atom. The summed E-state index contributed by atoms with van der Waals surface area (Å²) < 4.78 is 9.60. The van der Waals surface area contributed by atoms with Gasteiger partial charge in [-0.2, -0.15) is 0 Å². The highest BCUT2D eigenvalue weighted by molar-refractivity contribution is 5.88. The summed E-state index contributed by atoms with van der Waals surface area (Å²) in [6.07, 6.45) is 0.0336. The molecule has 1 amide bonds. The van der Waals surface area contributed by atoms with Crippen molar-refractivity contribution in [3.05, 3.63) is 40.2 Å². The zero-order chi connectivity index (χ0) is 14.5. The standard InChI is InChI=1S/C15H13NO4/c1-3-4-5-10-6-7-11-9-12(16-15(18)19-2)14(17)20-13(11)8-10/h6-9H,3H2,1-2H3,(H,16,18). The number of fused-ring (bicyclic) bond motifs is 1. The molecule has 0 aliphatic rings. The van der Waals surface area contributed by atoms with Crippen molar-refractivity contribution in [1.82, 2.24) is 0 Å². The lowest BCUT2D eigenvalue weighted by molar-refractivity contribution is 0.187. The van der Waals surface area contributed by atoms with Gasteiger partial charge in [-0.3, -0.25) is 5.32 Å². The highest BCUT2D eigenvalue weighted by atomic mass is 16.5. The van der Waals surface area contributed by atoms with E-state index in [9.17, 15) is 9.59 Å². The number of hydrogen-bond acceptors (Lipinski definition) is 4. The number of nitrogens with one attached hydrogen (secondary N) is 1. The number of amides is 1. The topological polar surface area (TPSA) is 68.5 Å². The lowest BCUT2D eigenvalue weighted by Gasteiger charge is -2.03. The number of carbonyl (C=O) groups is 1. The minimum Gasteiger partial charge on any atom is -0.453 e. The van der Waals surface area contributed by atoms with Crippen LogP contribution in [0.5, 0.6) is 0 Å². The van der Waals surface area contributed by atoms with Crippen LogP contribution in [0.2, 0.25) is 0 Å². The van der Waals surface area contributed by atoms with Crippen molar-refractivity contribution in [2.45, 2.75) is 13.3 Å². The van der Waals surface area contributed by atoms with E-state index in [4.69, 9.17) is 4.42 Å². The van der Waals surface area contributed by atoms with Gasteiger partial charge in [0.2, 0.25) is 0 Å². The maximum atomic E-state index is 11.7. The lowest BCUT2D eigenvalue weighted by Crippen LogP contribution is -2.17. The van der Waals surface area contributed by atoms with Crippen molar-refractivity contribution in [2.24, 2.45) is 0 Å². The molecule has 1 aromatic heterocycles. The van der Waals surface area contributed by atoms with Gasteiger partial charge in [0.15, 0.2) is 0 Å². The van der Waals surface area contributed by atoms with Crippen LogP contribution in [-0.4, -0.2) is 13.2 Å². The summed E-state index contributed by atoms with van der Waals surface area (Å²) in [5.41, 5.74) is 0.602. The number of methoxy groups -OCH3 is 1. The second-order valence-electron chi connectivity index (χ2n) is 3.97. The van der Waals surface area contributed by atoms with Crippen molar-refractivity contribution >= 4 is 22.7 Å². The molecule has 0 fully saturated rings. The molecule has 0 atom stereocenters. The molecular formula is C15H13NO4. The minimum absolute atomic E-state index is 0.0387. The predicted molar refractivity (Wildman–Crippen MR) is 75.7 cm³/mol. The lowest BCUT2D eigenvalue weighted by atomic mass is 10.1. The first kappa shape index (κ1) is 13.7. The minimum atomic E-state index is -0.720. The summed E-state index contributed by atoms with van der Waals surface area (Å²) >= 11 is 0. The molecule has 1 aromatic carbocycles. The van der Waals surface area contributed by atoms with E-state index in [1.54, 1.807) is 12.1 Å². The smallest absolute Gasteiger partial charge is 0.411 e. The van der Waals surface area contributed by atoms with Crippen molar-refractivity contribution in [3.63, 3.8) is 0 Å². The second kappa shape index (κ2) is 5.93. The molecule has 0 aliphatic heterocycles. The third kappa shape index (κ3) is 2.98. The van der Waals surface area contributed by atoms with Gasteiger partial charge < -0.3 is 9.15 Å². The first-order valence-corrected chi connectivity index (χ1v) is 6.05. The average Bonchev–Trinajstić information content (AvgIpc) is 2.45. The molecule has 0 saturated carbocycles. The van der Waals surface area contributed by atoms with Crippen LogP contribution < -0.4 is 10.9 Å². The van der Waals surface area contributed by atoms with Crippen LogP contribution in [0.3, 0.4) is 0 Å². The Morgan fingerprint density at radius 2 is 2.20 bits per heavy atom. The van der Waals surface area contributed by atoms with Crippen LogP contribution >= 0.6 is 0 Å². The highest BCUT2D eigenvalue weighted by Gasteiger charge is 2.09. The first-order valence-electron chi connectivity index (χ1n) is 6.05. The zero-order valence-electron chi connectivity index (χ0n) is 11.1. The molecule has 2 rings (SSSR count). The number of rotatable bonds is 1. The third-order valence-corrected chi connectivity index (χ3v) is 2.57. The average molecular weight is 271 g/mol. The van der Waals surface area contributed by atoms with Gasteiger partial charge in [-0.05, 0) is 24.3 Å². The van der Waals surface area contributed by atoms with Gasteiger partial charge in [0.05, 0.1) is 7.11 Å². The van der Waals surface area contributed by atoms with E-state index in [-0.39, 0.29) is 5.69 Å². The quantitative estimate of drug-likeness (QED) is 0.639. The van der Waals surface area contributed by atoms with Gasteiger partial charge in [0, 0.05) is 17.4 Å². The maximum absolute atomic E-state index is 11.7. The maximum Gasteiger partial charge on any atom is 0.411 e. The van der Waals surface area contributed by atoms with E-state index >= 15 is 0 Å². The van der Waals surface area contributed by atoms with Gasteiger partial charge >= 0.3 is 11.7 Å². The molecule has 5 nitrogen and oxygen atoms in total. The highest BCUT2D eigenvalue weighted by Crippen LogP contribution is 2.17. The number of hydrogen-bond donors (Lipinski definition) is 1. The Balaban J connectivity index is 2.45. The molecule has 0 saturated heterocycles. The Hall–Kier alpha value is -2.74. The summed E-state index contributed by atoms with van der Waals surface area (Å²) in [6.45, 7) is 1.96. The van der Waals surface area contributed by atoms with Crippen molar-refractivity contribution < 1.29 is 13.9 Å². The summed E-state index contributed by atoms with van der Waals surface area (Å²) in [6, 6.07) is 6.84. The molecule has 0 unspecified atom stereocenters. The normalized spacial score (nSPS) is 9.70. The zero-order valence-corrected chi connectivity index (χ0v) is 11.1. The SMILES string of the molecule is CCC#Cc1ccc2cc(NC(=O)OC)c(=O)oc2c1. The van der Waals surface area contributed by atoms with Crippen LogP contribution in [0.25, 0.3) is 11.0 Å². The van der Waals surface area contributed by atoms with E-state index in [1.165, 1.54) is 13.2 Å². The second-order valence-corrected chi connectivity index (χ2v) is 3.97. The molecule has 20 heavy (non-hydrogen) atoms. The largest absolute Gasteiger partial charge is 0.453 e. The fourth-order valence-corrected chi connectivity index (χ4v) is 1.63. The molecular weight excluding hydrogens is 258 g/mol. The predicted octanol–water partition coefficient (Wildman–Crippen LogP) is 2.73. The van der Waals surface area contributed by atoms with Crippen molar-refractivity contribution in [2.75, 3.05) is 12.4 Å². The van der Waals surface area contributed by atoms with Crippen molar-refractivity contribution in [1.29, 1.82) is 0 Å². The third-order valence-electron chi connectivity index (χ3n) is 2.57. The Kier molecular flexibility index (Phi) is 4.06. The Morgan fingerprint density at radius 1 is 1.40 bits per heavy atom. The first-order chi connectivity index (χ1) is 9.63. The Bertz CT molecular complexity index is 765. The molecule has 0 radical (unpaired) electrons. The fraction of sp³-hybridized carbons (Fsp3) is 0.200. The van der Waals surface area contributed by atoms with Crippen LogP contribution in [0.4, 0.5) is 10.5 Å². The number of ether oxygens (including phenoxy) is 1. The summed E-state index contributed by atoms with van der Waals surface area (Å²) in [4.78, 5) is 22.8. The van der Waals surface area contributed by atoms with Crippen molar-refractivity contribution in [3.8, 4) is 11.8 Å². The molecule has 2 aromatic rings. The summed E-state index contributed by atoms with van der Waals surface area (Å²) in [5.74, 6) is 5.91. The van der Waals surface area contributed by atoms with E-state index in [2.05, 4.69) is 21.9 Å². The number of benzene rings is 1. The number of anilines is 1. The summed E-state index contributed by atoms with van der Waals surface area (Å²) in [7, 11) is 1.22. The van der Waals surface area contributed by atoms with Gasteiger partial charge in [-0.25, -0.2) is 9.59 Å². The monoisotopic (exact) mass is 271 g/mol. The van der Waals surface area contributed by atoms with E-state index < -0.39 is 11.7 Å². The molecule has 1 heterocycles. The molecule has 0 aliphatic carbocycles. The van der Waals surface area contributed by atoms with Gasteiger partial charge in [-0.15, -0.1) is 0 Å². The molecule has 5 heteroatoms. The molecule has 1 N–H and O–H groups in total. The molecule has 0 spiro atoms.